The van der Waals surface area contributed by atoms with Gasteiger partial charge in [0, 0.05) is 11.6 Å². The number of benzene rings is 2. The molecule has 0 fully saturated rings. The Balaban J connectivity index is 0.000000704. The van der Waals surface area contributed by atoms with Crippen LogP contribution in [0, 0.1) is 0 Å². The number of para-hydroxylation sites is 2. The van der Waals surface area contributed by atoms with Crippen molar-refractivity contribution >= 4 is 34.6 Å². The SMILES string of the molecule is CC.Clc1ccc(CN2c3ccccc3NC2Cl)cc1. The van der Waals surface area contributed by atoms with Crippen LogP contribution in [0.2, 0.25) is 5.02 Å². The molecule has 3 rings (SSSR count). The van der Waals surface area contributed by atoms with Gasteiger partial charge in [-0.05, 0) is 29.8 Å². The van der Waals surface area contributed by atoms with Gasteiger partial charge in [-0.1, -0.05) is 61.3 Å². The highest BCUT2D eigenvalue weighted by atomic mass is 35.5. The quantitative estimate of drug-likeness (QED) is 0.596. The van der Waals surface area contributed by atoms with E-state index in [-0.39, 0.29) is 5.62 Å². The van der Waals surface area contributed by atoms with Crippen LogP contribution >= 0.6 is 23.2 Å². The van der Waals surface area contributed by atoms with E-state index in [2.05, 4.69) is 16.3 Å². The number of rotatable bonds is 2. The average molecular weight is 309 g/mol. The highest BCUT2D eigenvalue weighted by Crippen LogP contribution is 2.36. The maximum atomic E-state index is 6.31. The summed E-state index contributed by atoms with van der Waals surface area (Å²) in [5.41, 5.74) is 3.18. The molecule has 0 saturated carbocycles. The van der Waals surface area contributed by atoms with Gasteiger partial charge in [0.2, 0.25) is 0 Å². The summed E-state index contributed by atoms with van der Waals surface area (Å²) in [5.74, 6) is 0. The summed E-state index contributed by atoms with van der Waals surface area (Å²) in [6.45, 7) is 4.76. The molecule has 1 unspecified atom stereocenters. The van der Waals surface area contributed by atoms with E-state index in [1.165, 1.54) is 5.56 Å². The van der Waals surface area contributed by atoms with Gasteiger partial charge in [-0.25, -0.2) is 0 Å². The lowest BCUT2D eigenvalue weighted by Crippen LogP contribution is -2.30. The van der Waals surface area contributed by atoms with Gasteiger partial charge in [0.05, 0.1) is 11.4 Å². The lowest BCUT2D eigenvalue weighted by atomic mass is 10.2. The minimum atomic E-state index is -0.210. The van der Waals surface area contributed by atoms with Crippen LogP contribution in [0.1, 0.15) is 19.4 Å². The first kappa shape index (κ1) is 15.0. The Labute approximate surface area is 130 Å². The number of anilines is 2. The molecule has 20 heavy (non-hydrogen) atoms. The van der Waals surface area contributed by atoms with Crippen molar-refractivity contribution in [1.29, 1.82) is 0 Å². The normalized spacial score (nSPS) is 16.0. The van der Waals surface area contributed by atoms with Crippen molar-refractivity contribution in [2.24, 2.45) is 0 Å². The van der Waals surface area contributed by atoms with E-state index < -0.39 is 0 Å². The van der Waals surface area contributed by atoms with E-state index in [1.807, 2.05) is 56.3 Å². The molecule has 4 heteroatoms. The highest BCUT2D eigenvalue weighted by molar-refractivity contribution is 6.30. The first-order valence-electron chi connectivity index (χ1n) is 6.75. The predicted octanol–water partition coefficient (Wildman–Crippen LogP) is 5.32. The van der Waals surface area contributed by atoms with Gasteiger partial charge in [-0.2, -0.15) is 0 Å². The third kappa shape index (κ3) is 3.20. The second kappa shape index (κ2) is 6.87. The van der Waals surface area contributed by atoms with Crippen LogP contribution in [0.4, 0.5) is 11.4 Å². The third-order valence-corrected chi connectivity index (χ3v) is 3.62. The second-order valence-corrected chi connectivity index (χ2v) is 5.10. The molecular formula is C16H18Cl2N2. The molecule has 0 spiro atoms. The highest BCUT2D eigenvalue weighted by Gasteiger charge is 2.26. The van der Waals surface area contributed by atoms with Crippen LogP contribution in [-0.4, -0.2) is 5.62 Å². The van der Waals surface area contributed by atoms with E-state index in [9.17, 15) is 0 Å². The molecule has 0 aromatic heterocycles. The summed E-state index contributed by atoms with van der Waals surface area (Å²) in [4.78, 5) is 2.13. The Hall–Kier alpha value is -1.38. The van der Waals surface area contributed by atoms with Crippen molar-refractivity contribution in [2.45, 2.75) is 26.0 Å². The van der Waals surface area contributed by atoms with Crippen molar-refractivity contribution in [3.05, 3.63) is 59.1 Å². The van der Waals surface area contributed by atoms with Crippen molar-refractivity contribution < 1.29 is 0 Å². The van der Waals surface area contributed by atoms with E-state index in [4.69, 9.17) is 23.2 Å². The topological polar surface area (TPSA) is 15.3 Å². The van der Waals surface area contributed by atoms with Gasteiger partial charge in [-0.3, -0.25) is 0 Å². The minimum Gasteiger partial charge on any atom is -0.351 e. The first-order chi connectivity index (χ1) is 9.74. The lowest BCUT2D eigenvalue weighted by molar-refractivity contribution is 0.827. The van der Waals surface area contributed by atoms with E-state index >= 15 is 0 Å². The Bertz CT molecular complexity index is 555. The molecule has 0 bridgehead atoms. The zero-order valence-corrected chi connectivity index (χ0v) is 13.1. The van der Waals surface area contributed by atoms with E-state index in [1.54, 1.807) is 0 Å². The number of fused-ring (bicyclic) bond motifs is 1. The Morgan fingerprint density at radius 2 is 1.70 bits per heavy atom. The van der Waals surface area contributed by atoms with Crippen LogP contribution < -0.4 is 10.2 Å². The Kier molecular flexibility index (Phi) is 5.16. The molecule has 2 aromatic rings. The summed E-state index contributed by atoms with van der Waals surface area (Å²) in [5, 5.41) is 4.00. The van der Waals surface area contributed by atoms with Crippen molar-refractivity contribution in [1.82, 2.24) is 0 Å². The summed E-state index contributed by atoms with van der Waals surface area (Å²) in [7, 11) is 0. The van der Waals surface area contributed by atoms with Crippen LogP contribution in [0.3, 0.4) is 0 Å². The standard InChI is InChI=1S/C14H12Cl2N2.C2H6/c15-11-7-5-10(6-8-11)9-18-13-4-2-1-3-12(13)17-14(18)16;1-2/h1-8,14,17H,9H2;1-2H3. The molecule has 1 atom stereocenters. The number of alkyl halides is 1. The number of halogens is 2. The zero-order chi connectivity index (χ0) is 14.5. The Morgan fingerprint density at radius 3 is 2.40 bits per heavy atom. The van der Waals surface area contributed by atoms with E-state index in [0.29, 0.717) is 0 Å². The van der Waals surface area contributed by atoms with Gasteiger partial charge in [0.25, 0.3) is 0 Å². The molecule has 0 saturated heterocycles. The molecule has 2 aromatic carbocycles. The summed E-state index contributed by atoms with van der Waals surface area (Å²) in [6, 6.07) is 16.0. The average Bonchev–Trinajstić information content (AvgIpc) is 2.80. The van der Waals surface area contributed by atoms with Crippen molar-refractivity contribution in [3.8, 4) is 0 Å². The number of hydrogen-bond acceptors (Lipinski definition) is 2. The van der Waals surface area contributed by atoms with Crippen LogP contribution in [0.5, 0.6) is 0 Å². The van der Waals surface area contributed by atoms with E-state index in [0.717, 1.165) is 22.9 Å². The van der Waals surface area contributed by atoms with Gasteiger partial charge in [0.1, 0.15) is 0 Å². The molecule has 1 N–H and O–H groups in total. The predicted molar refractivity (Wildman–Crippen MR) is 88.7 cm³/mol. The monoisotopic (exact) mass is 308 g/mol. The molecule has 1 aliphatic heterocycles. The molecule has 1 aliphatic rings. The van der Waals surface area contributed by atoms with Crippen LogP contribution in [0.15, 0.2) is 48.5 Å². The zero-order valence-electron chi connectivity index (χ0n) is 11.6. The number of nitrogens with zero attached hydrogens (tertiary/aromatic N) is 1. The van der Waals surface area contributed by atoms with Gasteiger partial charge >= 0.3 is 0 Å². The first-order valence-corrected chi connectivity index (χ1v) is 7.56. The number of hydrogen-bond donors (Lipinski definition) is 1. The summed E-state index contributed by atoms with van der Waals surface area (Å²) >= 11 is 12.2. The van der Waals surface area contributed by atoms with Gasteiger partial charge in [-0.15, -0.1) is 0 Å². The molecule has 0 amide bonds. The van der Waals surface area contributed by atoms with Crippen LogP contribution in [0.25, 0.3) is 0 Å². The van der Waals surface area contributed by atoms with Crippen molar-refractivity contribution in [2.75, 3.05) is 10.2 Å². The maximum Gasteiger partial charge on any atom is 0.178 e. The Morgan fingerprint density at radius 1 is 1.05 bits per heavy atom. The fraction of sp³-hybridized carbons (Fsp3) is 0.250. The molecule has 0 radical (unpaired) electrons. The van der Waals surface area contributed by atoms with Crippen LogP contribution in [-0.2, 0) is 6.54 Å². The molecule has 106 valence electrons. The lowest BCUT2D eigenvalue weighted by Gasteiger charge is -2.22. The summed E-state index contributed by atoms with van der Waals surface area (Å²) in [6.07, 6.45) is 0. The molecule has 2 nitrogen and oxygen atoms in total. The molecule has 1 heterocycles. The summed E-state index contributed by atoms with van der Waals surface area (Å²) < 4.78 is 0. The maximum absolute atomic E-state index is 6.31. The fourth-order valence-corrected chi connectivity index (χ4v) is 2.54. The van der Waals surface area contributed by atoms with Gasteiger partial charge < -0.3 is 10.2 Å². The fourth-order valence-electron chi connectivity index (χ4n) is 2.13. The smallest absolute Gasteiger partial charge is 0.178 e. The second-order valence-electron chi connectivity index (χ2n) is 4.25. The molecule has 0 aliphatic carbocycles. The third-order valence-electron chi connectivity index (χ3n) is 3.03. The van der Waals surface area contributed by atoms with Crippen molar-refractivity contribution in [3.63, 3.8) is 0 Å². The number of nitrogens with one attached hydrogen (secondary N) is 1. The van der Waals surface area contributed by atoms with Gasteiger partial charge in [0.15, 0.2) is 5.62 Å². The molecular weight excluding hydrogens is 291 g/mol. The largest absolute Gasteiger partial charge is 0.351 e. The minimum absolute atomic E-state index is 0.210.